The van der Waals surface area contributed by atoms with Gasteiger partial charge < -0.3 is 10.1 Å². The van der Waals surface area contributed by atoms with E-state index in [1.165, 1.54) is 0 Å². The fraction of sp³-hybridized carbons (Fsp3) is 0.571. The summed E-state index contributed by atoms with van der Waals surface area (Å²) in [6, 6.07) is 2.87. The van der Waals surface area contributed by atoms with E-state index in [2.05, 4.69) is 5.32 Å². The van der Waals surface area contributed by atoms with Crippen LogP contribution in [0.2, 0.25) is 0 Å². The van der Waals surface area contributed by atoms with E-state index in [1.807, 2.05) is 0 Å². The molecule has 1 aromatic carbocycles. The molecule has 20 heavy (non-hydrogen) atoms. The van der Waals surface area contributed by atoms with Crippen molar-refractivity contribution < 1.29 is 22.3 Å². The number of hydrogen-bond donors (Lipinski definition) is 1. The molecule has 3 rings (SSSR count). The van der Waals surface area contributed by atoms with Crippen LogP contribution in [0, 0.1) is 11.7 Å². The van der Waals surface area contributed by atoms with Crippen molar-refractivity contribution in [1.29, 1.82) is 0 Å². The van der Waals surface area contributed by atoms with Crippen molar-refractivity contribution in [2.24, 2.45) is 5.92 Å². The highest BCUT2D eigenvalue weighted by molar-refractivity contribution is 5.26. The zero-order valence-corrected chi connectivity index (χ0v) is 10.7. The predicted octanol–water partition coefficient (Wildman–Crippen LogP) is 3.11. The second kappa shape index (κ2) is 5.00. The number of halogens is 4. The Balaban J connectivity index is 1.63. The van der Waals surface area contributed by atoms with Crippen LogP contribution in [0.1, 0.15) is 24.0 Å². The fourth-order valence-corrected chi connectivity index (χ4v) is 3.02. The maximum Gasteiger partial charge on any atom is 0.416 e. The van der Waals surface area contributed by atoms with Crippen LogP contribution in [0.25, 0.3) is 0 Å². The van der Waals surface area contributed by atoms with Gasteiger partial charge in [-0.15, -0.1) is 0 Å². The molecule has 3 atom stereocenters. The van der Waals surface area contributed by atoms with Gasteiger partial charge in [0.2, 0.25) is 0 Å². The first-order valence-electron chi connectivity index (χ1n) is 6.64. The number of benzene rings is 1. The van der Waals surface area contributed by atoms with Crippen LogP contribution in [-0.2, 0) is 17.5 Å². The molecule has 1 saturated heterocycles. The maximum absolute atomic E-state index is 13.6. The molecule has 2 bridgehead atoms. The van der Waals surface area contributed by atoms with Gasteiger partial charge in [-0.05, 0) is 37.4 Å². The van der Waals surface area contributed by atoms with Crippen molar-refractivity contribution in [3.05, 3.63) is 35.1 Å². The molecule has 1 saturated carbocycles. The molecule has 6 heteroatoms. The number of fused-ring (bicyclic) bond motifs is 2. The molecule has 0 spiro atoms. The number of nitrogens with one attached hydrogen (secondary N) is 1. The largest absolute Gasteiger partial charge is 0.416 e. The van der Waals surface area contributed by atoms with Gasteiger partial charge in [0.1, 0.15) is 5.82 Å². The third kappa shape index (κ3) is 2.67. The number of rotatable bonds is 3. The summed E-state index contributed by atoms with van der Waals surface area (Å²) in [5.74, 6) is -0.251. The first-order chi connectivity index (χ1) is 9.43. The van der Waals surface area contributed by atoms with Crippen LogP contribution < -0.4 is 5.32 Å². The van der Waals surface area contributed by atoms with E-state index in [0.717, 1.165) is 31.5 Å². The molecule has 1 aliphatic carbocycles. The van der Waals surface area contributed by atoms with Crippen molar-refractivity contribution >= 4 is 0 Å². The van der Waals surface area contributed by atoms with Gasteiger partial charge in [0.15, 0.2) is 0 Å². The zero-order chi connectivity index (χ0) is 14.3. The third-order valence-corrected chi connectivity index (χ3v) is 4.10. The summed E-state index contributed by atoms with van der Waals surface area (Å²) in [7, 11) is 0. The Morgan fingerprint density at radius 3 is 2.60 bits per heavy atom. The smallest absolute Gasteiger partial charge is 0.372 e. The first-order valence-corrected chi connectivity index (χ1v) is 6.64. The molecule has 0 aromatic heterocycles. The van der Waals surface area contributed by atoms with E-state index in [-0.39, 0.29) is 18.3 Å². The number of piperidine rings is 1. The third-order valence-electron chi connectivity index (χ3n) is 4.10. The Morgan fingerprint density at radius 1 is 1.25 bits per heavy atom. The topological polar surface area (TPSA) is 21.3 Å². The van der Waals surface area contributed by atoms with E-state index in [4.69, 9.17) is 4.74 Å². The molecular formula is C14H15F4NO. The lowest BCUT2D eigenvalue weighted by atomic mass is 10.1. The van der Waals surface area contributed by atoms with Crippen molar-refractivity contribution in [3.63, 3.8) is 0 Å². The molecule has 0 amide bonds. The number of hydrogen-bond acceptors (Lipinski definition) is 2. The highest BCUT2D eigenvalue weighted by Gasteiger charge is 2.40. The fourth-order valence-electron chi connectivity index (χ4n) is 3.02. The Bertz CT molecular complexity index is 502. The van der Waals surface area contributed by atoms with Gasteiger partial charge >= 0.3 is 6.18 Å². The highest BCUT2D eigenvalue weighted by atomic mass is 19.4. The Labute approximate surface area is 114 Å². The molecule has 0 unspecified atom stereocenters. The van der Waals surface area contributed by atoms with Crippen LogP contribution in [0.5, 0.6) is 0 Å². The number of ether oxygens (including phenoxy) is 1. The van der Waals surface area contributed by atoms with Crippen LogP contribution in [-0.4, -0.2) is 18.7 Å². The van der Waals surface area contributed by atoms with Crippen LogP contribution in [0.4, 0.5) is 17.6 Å². The SMILES string of the molecule is Fc1cc(C(F)(F)F)ccc1CO[C@H]1C[C@@H]2CN[C@H]1C2. The molecule has 2 aliphatic rings. The molecule has 0 radical (unpaired) electrons. The number of alkyl halides is 3. The Kier molecular flexibility index (Phi) is 3.46. The second-order valence-corrected chi connectivity index (χ2v) is 5.51. The molecule has 1 aliphatic heterocycles. The lowest BCUT2D eigenvalue weighted by molar-refractivity contribution is -0.137. The quantitative estimate of drug-likeness (QED) is 0.863. The Morgan fingerprint density at radius 2 is 2.05 bits per heavy atom. The minimum atomic E-state index is -4.52. The summed E-state index contributed by atoms with van der Waals surface area (Å²) in [4.78, 5) is 0. The van der Waals surface area contributed by atoms with Gasteiger partial charge in [-0.2, -0.15) is 13.2 Å². The van der Waals surface area contributed by atoms with Gasteiger partial charge in [-0.25, -0.2) is 4.39 Å². The standard InChI is InChI=1S/C14H15F4NO/c15-11-5-10(14(16,17)18)2-1-9(11)7-20-13-4-8-3-12(13)19-6-8/h1-2,5,8,12-13,19H,3-4,6-7H2/t8-,12+,13+/m1/s1. The molecule has 1 N–H and O–H groups in total. The summed E-state index contributed by atoms with van der Waals surface area (Å²) in [5.41, 5.74) is -0.805. The highest BCUT2D eigenvalue weighted by Crippen LogP contribution is 2.34. The summed E-state index contributed by atoms with van der Waals surface area (Å²) in [5, 5.41) is 3.32. The maximum atomic E-state index is 13.6. The minimum Gasteiger partial charge on any atom is -0.372 e. The monoisotopic (exact) mass is 289 g/mol. The lowest BCUT2D eigenvalue weighted by Crippen LogP contribution is -2.38. The Hall–Kier alpha value is -1.14. The summed E-state index contributed by atoms with van der Waals surface area (Å²) >= 11 is 0. The van der Waals surface area contributed by atoms with Crippen LogP contribution in [0.3, 0.4) is 0 Å². The van der Waals surface area contributed by atoms with Crippen molar-refractivity contribution in [2.75, 3.05) is 6.54 Å². The average molecular weight is 289 g/mol. The van der Waals surface area contributed by atoms with E-state index < -0.39 is 17.6 Å². The van der Waals surface area contributed by atoms with E-state index >= 15 is 0 Å². The van der Waals surface area contributed by atoms with Crippen molar-refractivity contribution in [2.45, 2.75) is 37.8 Å². The molecule has 1 aromatic rings. The van der Waals surface area contributed by atoms with E-state index in [0.29, 0.717) is 18.0 Å². The van der Waals surface area contributed by atoms with E-state index in [1.54, 1.807) is 0 Å². The van der Waals surface area contributed by atoms with Gasteiger partial charge in [-0.3, -0.25) is 0 Å². The van der Waals surface area contributed by atoms with Gasteiger partial charge in [0.05, 0.1) is 18.3 Å². The predicted molar refractivity (Wildman–Crippen MR) is 64.5 cm³/mol. The van der Waals surface area contributed by atoms with Gasteiger partial charge in [0.25, 0.3) is 0 Å². The zero-order valence-electron chi connectivity index (χ0n) is 10.7. The van der Waals surface area contributed by atoms with Gasteiger partial charge in [-0.1, -0.05) is 6.07 Å². The molecule has 1 heterocycles. The molecule has 2 nitrogen and oxygen atoms in total. The average Bonchev–Trinajstić information content (AvgIpc) is 2.98. The molecule has 110 valence electrons. The van der Waals surface area contributed by atoms with Crippen molar-refractivity contribution in [1.82, 2.24) is 5.32 Å². The van der Waals surface area contributed by atoms with E-state index in [9.17, 15) is 17.6 Å². The minimum absolute atomic E-state index is 0.0134. The molecular weight excluding hydrogens is 274 g/mol. The van der Waals surface area contributed by atoms with Crippen LogP contribution in [0.15, 0.2) is 18.2 Å². The first kappa shape index (κ1) is 13.8. The second-order valence-electron chi connectivity index (χ2n) is 5.51. The lowest BCUT2D eigenvalue weighted by Gasteiger charge is -2.23. The molecule has 2 fully saturated rings. The summed E-state index contributed by atoms with van der Waals surface area (Å²) in [6.07, 6.45) is -2.47. The van der Waals surface area contributed by atoms with Gasteiger partial charge in [0, 0.05) is 11.6 Å². The summed E-state index contributed by atoms with van der Waals surface area (Å²) in [6.45, 7) is 1.01. The van der Waals surface area contributed by atoms with Crippen molar-refractivity contribution in [3.8, 4) is 0 Å². The normalized spacial score (nSPS) is 29.1. The summed E-state index contributed by atoms with van der Waals surface area (Å²) < 4.78 is 56.6. The van der Waals surface area contributed by atoms with Crippen LogP contribution >= 0.6 is 0 Å².